The fraction of sp³-hybridized carbons (Fsp3) is 0.211. The number of aryl methyl sites for hydroxylation is 1. The van der Waals surface area contributed by atoms with Crippen molar-refractivity contribution in [3.63, 3.8) is 0 Å². The molecule has 1 aromatic heterocycles. The summed E-state index contributed by atoms with van der Waals surface area (Å²) in [6.45, 7) is 1.98. The van der Waals surface area contributed by atoms with E-state index < -0.39 is 17.7 Å². The third-order valence-electron chi connectivity index (χ3n) is 3.84. The van der Waals surface area contributed by atoms with Crippen molar-refractivity contribution >= 4 is 27.4 Å². The number of ether oxygens (including phenoxy) is 2. The van der Waals surface area contributed by atoms with Crippen LogP contribution >= 0.6 is 11.3 Å². The van der Waals surface area contributed by atoms with Crippen molar-refractivity contribution < 1.29 is 27.4 Å². The zero-order valence-electron chi connectivity index (χ0n) is 14.0. The zero-order chi connectivity index (χ0) is 18.9. The fourth-order valence-electron chi connectivity index (χ4n) is 2.58. The van der Waals surface area contributed by atoms with Gasteiger partial charge < -0.3 is 9.47 Å². The van der Waals surface area contributed by atoms with Gasteiger partial charge in [-0.3, -0.25) is 0 Å². The molecule has 2 aromatic carbocycles. The number of thiophene rings is 1. The van der Waals surface area contributed by atoms with Crippen LogP contribution in [0.2, 0.25) is 0 Å². The van der Waals surface area contributed by atoms with Crippen molar-refractivity contribution in [3.8, 4) is 5.75 Å². The zero-order valence-corrected chi connectivity index (χ0v) is 14.8. The second kappa shape index (κ2) is 6.99. The Balaban J connectivity index is 1.91. The molecule has 3 aromatic rings. The molecule has 0 saturated carbocycles. The number of fused-ring (bicyclic) bond motifs is 1. The first-order chi connectivity index (χ1) is 12.3. The molecule has 0 aliphatic carbocycles. The molecule has 0 bridgehead atoms. The summed E-state index contributed by atoms with van der Waals surface area (Å²) in [4.78, 5) is 13.1. The average molecular weight is 380 g/mol. The van der Waals surface area contributed by atoms with E-state index in [0.29, 0.717) is 11.3 Å². The SMILES string of the molecule is COC(=O)c1ccc2sc(C)cc2c1OCc1ccc(C(F)(F)F)cc1. The third kappa shape index (κ3) is 3.67. The van der Waals surface area contributed by atoms with Crippen LogP contribution in [0.3, 0.4) is 0 Å². The molecule has 7 heteroatoms. The molecule has 0 spiro atoms. The Morgan fingerprint density at radius 1 is 1.12 bits per heavy atom. The van der Waals surface area contributed by atoms with E-state index in [4.69, 9.17) is 9.47 Å². The number of benzene rings is 2. The summed E-state index contributed by atoms with van der Waals surface area (Å²) in [5.74, 6) is -0.156. The van der Waals surface area contributed by atoms with Crippen LogP contribution < -0.4 is 4.74 Å². The summed E-state index contributed by atoms with van der Waals surface area (Å²) < 4.78 is 49.5. The van der Waals surface area contributed by atoms with Crippen LogP contribution in [0.15, 0.2) is 42.5 Å². The molecule has 0 N–H and O–H groups in total. The predicted octanol–water partition coefficient (Wildman–Crippen LogP) is 5.59. The molecular weight excluding hydrogens is 365 g/mol. The summed E-state index contributed by atoms with van der Waals surface area (Å²) >= 11 is 1.56. The number of methoxy groups -OCH3 is 1. The first-order valence-corrected chi connectivity index (χ1v) is 8.51. The molecule has 0 unspecified atom stereocenters. The van der Waals surface area contributed by atoms with Gasteiger partial charge in [-0.15, -0.1) is 11.3 Å². The summed E-state index contributed by atoms with van der Waals surface area (Å²) in [6, 6.07) is 10.1. The minimum Gasteiger partial charge on any atom is -0.487 e. The summed E-state index contributed by atoms with van der Waals surface area (Å²) in [5.41, 5.74) is 0.134. The van der Waals surface area contributed by atoms with Gasteiger partial charge in [0.1, 0.15) is 17.9 Å². The maximum absolute atomic E-state index is 12.6. The van der Waals surface area contributed by atoms with Crippen LogP contribution in [0.4, 0.5) is 13.2 Å². The third-order valence-corrected chi connectivity index (χ3v) is 4.86. The van der Waals surface area contributed by atoms with Crippen molar-refractivity contribution in [3.05, 3.63) is 64.0 Å². The lowest BCUT2D eigenvalue weighted by Gasteiger charge is -2.12. The summed E-state index contributed by atoms with van der Waals surface area (Å²) in [7, 11) is 1.28. The van der Waals surface area contributed by atoms with Gasteiger partial charge in [0, 0.05) is 15.0 Å². The highest BCUT2D eigenvalue weighted by molar-refractivity contribution is 7.19. The Hall–Kier alpha value is -2.54. The molecule has 0 saturated heterocycles. The van der Waals surface area contributed by atoms with Gasteiger partial charge in [-0.1, -0.05) is 12.1 Å². The van der Waals surface area contributed by atoms with Crippen LogP contribution in [0, 0.1) is 6.92 Å². The van der Waals surface area contributed by atoms with Crippen LogP contribution in [0.25, 0.3) is 10.1 Å². The Kier molecular flexibility index (Phi) is 4.91. The van der Waals surface area contributed by atoms with Crippen LogP contribution in [-0.2, 0) is 17.5 Å². The summed E-state index contributed by atoms with van der Waals surface area (Å²) in [5, 5.41) is 0.780. The highest BCUT2D eigenvalue weighted by atomic mass is 32.1. The highest BCUT2D eigenvalue weighted by Crippen LogP contribution is 2.36. The molecular formula is C19H15F3O3S. The number of esters is 1. The smallest absolute Gasteiger partial charge is 0.416 e. The minimum atomic E-state index is -4.38. The standard InChI is InChI=1S/C19H15F3O3S/c1-11-9-15-16(26-11)8-7-14(18(23)24-2)17(15)25-10-12-3-5-13(6-4-12)19(20,21)22/h3-9H,10H2,1-2H3. The van der Waals surface area contributed by atoms with Gasteiger partial charge in [0.2, 0.25) is 0 Å². The first kappa shape index (κ1) is 18.3. The first-order valence-electron chi connectivity index (χ1n) is 7.70. The van der Waals surface area contributed by atoms with E-state index >= 15 is 0 Å². The predicted molar refractivity (Wildman–Crippen MR) is 93.7 cm³/mol. The van der Waals surface area contributed by atoms with Gasteiger partial charge in [0.25, 0.3) is 0 Å². The van der Waals surface area contributed by atoms with E-state index in [9.17, 15) is 18.0 Å². The number of halogens is 3. The quantitative estimate of drug-likeness (QED) is 0.553. The molecule has 1 heterocycles. The van der Waals surface area contributed by atoms with Crippen LogP contribution in [0.5, 0.6) is 5.75 Å². The molecule has 3 nitrogen and oxygen atoms in total. The van der Waals surface area contributed by atoms with Gasteiger partial charge >= 0.3 is 12.1 Å². The number of alkyl halides is 3. The highest BCUT2D eigenvalue weighted by Gasteiger charge is 2.30. The number of rotatable bonds is 4. The molecule has 0 radical (unpaired) electrons. The van der Waals surface area contributed by atoms with E-state index in [1.54, 1.807) is 17.4 Å². The average Bonchev–Trinajstić information content (AvgIpc) is 2.99. The van der Waals surface area contributed by atoms with Gasteiger partial charge in [0.05, 0.1) is 12.7 Å². The van der Waals surface area contributed by atoms with Gasteiger partial charge in [-0.25, -0.2) is 4.79 Å². The van der Waals surface area contributed by atoms with Gasteiger partial charge in [-0.2, -0.15) is 13.2 Å². The van der Waals surface area contributed by atoms with Crippen LogP contribution in [-0.4, -0.2) is 13.1 Å². The Morgan fingerprint density at radius 2 is 1.81 bits per heavy atom. The number of hydrogen-bond donors (Lipinski definition) is 0. The molecule has 136 valence electrons. The van der Waals surface area contributed by atoms with Gasteiger partial charge in [0.15, 0.2) is 0 Å². The van der Waals surface area contributed by atoms with E-state index in [1.165, 1.54) is 19.2 Å². The monoisotopic (exact) mass is 380 g/mol. The molecule has 0 atom stereocenters. The molecule has 0 aliphatic rings. The maximum atomic E-state index is 12.6. The Labute approximate surface area is 152 Å². The topological polar surface area (TPSA) is 35.5 Å². The normalized spacial score (nSPS) is 11.6. The lowest BCUT2D eigenvalue weighted by molar-refractivity contribution is -0.137. The van der Waals surface area contributed by atoms with Crippen molar-refractivity contribution in [1.82, 2.24) is 0 Å². The van der Waals surface area contributed by atoms with E-state index in [2.05, 4.69) is 0 Å². The van der Waals surface area contributed by atoms with Crippen LogP contribution in [0.1, 0.15) is 26.4 Å². The minimum absolute atomic E-state index is 0.0378. The fourth-order valence-corrected chi connectivity index (χ4v) is 3.51. The molecule has 26 heavy (non-hydrogen) atoms. The molecule has 0 aliphatic heterocycles. The number of carbonyl (C=O) groups excluding carboxylic acids is 1. The lowest BCUT2D eigenvalue weighted by Crippen LogP contribution is -2.07. The van der Waals surface area contributed by atoms with E-state index in [-0.39, 0.29) is 12.2 Å². The Bertz CT molecular complexity index is 943. The second-order valence-corrected chi connectivity index (χ2v) is 6.97. The van der Waals surface area contributed by atoms with Crippen molar-refractivity contribution in [2.75, 3.05) is 7.11 Å². The van der Waals surface area contributed by atoms with Gasteiger partial charge in [-0.05, 0) is 42.8 Å². The second-order valence-electron chi connectivity index (χ2n) is 5.69. The molecule has 3 rings (SSSR count). The Morgan fingerprint density at radius 3 is 2.42 bits per heavy atom. The largest absolute Gasteiger partial charge is 0.487 e. The lowest BCUT2D eigenvalue weighted by atomic mass is 10.1. The van der Waals surface area contributed by atoms with Crippen molar-refractivity contribution in [2.24, 2.45) is 0 Å². The number of carbonyl (C=O) groups is 1. The van der Waals surface area contributed by atoms with E-state index in [0.717, 1.165) is 27.1 Å². The number of hydrogen-bond acceptors (Lipinski definition) is 4. The van der Waals surface area contributed by atoms with Crippen molar-refractivity contribution in [1.29, 1.82) is 0 Å². The van der Waals surface area contributed by atoms with E-state index in [1.807, 2.05) is 19.1 Å². The maximum Gasteiger partial charge on any atom is 0.416 e. The summed E-state index contributed by atoms with van der Waals surface area (Å²) in [6.07, 6.45) is -4.38. The van der Waals surface area contributed by atoms with Crippen molar-refractivity contribution in [2.45, 2.75) is 19.7 Å². The molecule has 0 fully saturated rings. The molecule has 0 amide bonds.